The van der Waals surface area contributed by atoms with Crippen molar-refractivity contribution in [2.45, 2.75) is 13.6 Å². The van der Waals surface area contributed by atoms with Gasteiger partial charge in [-0.15, -0.1) is 10.2 Å². The van der Waals surface area contributed by atoms with Gasteiger partial charge in [0, 0.05) is 22.2 Å². The number of aromatic nitrogens is 2. The fourth-order valence-corrected chi connectivity index (χ4v) is 3.82. The summed E-state index contributed by atoms with van der Waals surface area (Å²) in [6, 6.07) is 10.6. The van der Waals surface area contributed by atoms with Crippen molar-refractivity contribution < 1.29 is 19.2 Å². The Balaban J connectivity index is 1.67. The summed E-state index contributed by atoms with van der Waals surface area (Å²) in [7, 11) is 0. The lowest BCUT2D eigenvalue weighted by molar-refractivity contribution is -0.387. The molecule has 1 heterocycles. The molecule has 0 aliphatic carbocycles. The highest BCUT2D eigenvalue weighted by atomic mass is 35.6. The minimum Gasteiger partial charge on any atom is -0.445 e. The van der Waals surface area contributed by atoms with Crippen LogP contribution in [0, 0.1) is 10.1 Å². The molecule has 0 unspecified atom stereocenters. The van der Waals surface area contributed by atoms with Crippen LogP contribution < -0.4 is 10.6 Å². The van der Waals surface area contributed by atoms with E-state index in [4.69, 9.17) is 39.5 Å². The second-order valence-electron chi connectivity index (χ2n) is 6.08. The Bertz CT molecular complexity index is 1160. The SMILES string of the molecule is O=C(Nc1ccc(Sc2ccc(C(=O)Nc3nncs3)cc2[N+](=O)[O-])cc1)OCC(Cl)(Cl)Cl. The smallest absolute Gasteiger partial charge is 0.411 e. The molecule has 0 aliphatic rings. The van der Waals surface area contributed by atoms with E-state index >= 15 is 0 Å². The second kappa shape index (κ2) is 11.0. The Morgan fingerprint density at radius 1 is 1.15 bits per heavy atom. The van der Waals surface area contributed by atoms with Crippen LogP contribution in [0.2, 0.25) is 0 Å². The van der Waals surface area contributed by atoms with E-state index in [1.165, 1.54) is 23.7 Å². The summed E-state index contributed by atoms with van der Waals surface area (Å²) in [6.07, 6.45) is -0.806. The summed E-state index contributed by atoms with van der Waals surface area (Å²) in [5.41, 5.74) is 1.73. The molecule has 2 aromatic carbocycles. The fourth-order valence-electron chi connectivity index (χ4n) is 2.32. The highest BCUT2D eigenvalue weighted by molar-refractivity contribution is 7.99. The zero-order valence-electron chi connectivity index (χ0n) is 16.2. The van der Waals surface area contributed by atoms with Crippen molar-refractivity contribution in [1.29, 1.82) is 0 Å². The molecule has 10 nitrogen and oxygen atoms in total. The Morgan fingerprint density at radius 2 is 1.88 bits per heavy atom. The quantitative estimate of drug-likeness (QED) is 0.216. The Hall–Kier alpha value is -2.64. The number of hydrogen-bond acceptors (Lipinski definition) is 9. The molecule has 0 spiro atoms. The molecule has 0 saturated carbocycles. The van der Waals surface area contributed by atoms with Crippen LogP contribution in [-0.2, 0) is 4.74 Å². The number of anilines is 2. The molecule has 3 rings (SSSR count). The van der Waals surface area contributed by atoms with Gasteiger partial charge in [-0.3, -0.25) is 25.5 Å². The van der Waals surface area contributed by atoms with Gasteiger partial charge in [0.15, 0.2) is 0 Å². The molecule has 0 fully saturated rings. The maximum absolute atomic E-state index is 12.3. The second-order valence-corrected chi connectivity index (χ2v) is 10.5. The first-order chi connectivity index (χ1) is 15.6. The van der Waals surface area contributed by atoms with E-state index in [1.54, 1.807) is 24.3 Å². The van der Waals surface area contributed by atoms with Gasteiger partial charge in [-0.05, 0) is 36.4 Å². The van der Waals surface area contributed by atoms with E-state index in [0.717, 1.165) is 23.1 Å². The van der Waals surface area contributed by atoms with Crippen LogP contribution in [0.4, 0.5) is 21.3 Å². The molecule has 3 aromatic rings. The number of amides is 2. The third-order valence-corrected chi connectivity index (χ3v) is 5.70. The molecule has 0 bridgehead atoms. The standard InChI is InChI=1S/C18H12Cl3N5O5S2/c19-18(20,21)8-31-17(28)23-11-2-4-12(5-3-11)33-14-6-1-10(7-13(14)26(29)30)15(27)24-16-25-22-9-32-16/h1-7,9H,8H2,(H,23,28)(H,24,25,27). The molecular weight excluding hydrogens is 537 g/mol. The summed E-state index contributed by atoms with van der Waals surface area (Å²) in [4.78, 5) is 36.0. The maximum atomic E-state index is 12.3. The number of rotatable bonds is 7. The number of benzene rings is 2. The highest BCUT2D eigenvalue weighted by Crippen LogP contribution is 2.36. The number of hydrogen-bond donors (Lipinski definition) is 2. The summed E-state index contributed by atoms with van der Waals surface area (Å²) in [6.45, 7) is -0.421. The molecule has 0 aliphatic heterocycles. The van der Waals surface area contributed by atoms with Crippen LogP contribution in [0.3, 0.4) is 0 Å². The number of carbonyl (C=O) groups is 2. The monoisotopic (exact) mass is 547 g/mol. The van der Waals surface area contributed by atoms with Crippen molar-refractivity contribution in [2.24, 2.45) is 0 Å². The van der Waals surface area contributed by atoms with Crippen molar-refractivity contribution in [3.8, 4) is 0 Å². The average Bonchev–Trinajstić information content (AvgIpc) is 3.26. The highest BCUT2D eigenvalue weighted by Gasteiger charge is 2.22. The third-order valence-electron chi connectivity index (χ3n) is 3.69. The normalized spacial score (nSPS) is 11.0. The van der Waals surface area contributed by atoms with Crippen molar-refractivity contribution in [1.82, 2.24) is 10.2 Å². The lowest BCUT2D eigenvalue weighted by Gasteiger charge is -2.12. The number of nitrogens with zero attached hydrogens (tertiary/aromatic N) is 3. The summed E-state index contributed by atoms with van der Waals surface area (Å²) in [5.74, 6) is -0.538. The molecule has 15 heteroatoms. The lowest BCUT2D eigenvalue weighted by atomic mass is 10.2. The molecular formula is C18H12Cl3N5O5S2. The van der Waals surface area contributed by atoms with E-state index in [2.05, 4.69) is 20.8 Å². The predicted molar refractivity (Wildman–Crippen MR) is 127 cm³/mol. The summed E-state index contributed by atoms with van der Waals surface area (Å²) in [5, 5.41) is 24.2. The Morgan fingerprint density at radius 3 is 2.48 bits per heavy atom. The molecule has 172 valence electrons. The maximum Gasteiger partial charge on any atom is 0.411 e. The van der Waals surface area contributed by atoms with Gasteiger partial charge in [0.2, 0.25) is 8.92 Å². The largest absolute Gasteiger partial charge is 0.445 e. The molecule has 0 radical (unpaired) electrons. The van der Waals surface area contributed by atoms with Crippen LogP contribution >= 0.6 is 57.9 Å². The Kier molecular flexibility index (Phi) is 8.32. The number of ether oxygens (including phenoxy) is 1. The van der Waals surface area contributed by atoms with Crippen molar-refractivity contribution in [3.63, 3.8) is 0 Å². The number of nitrogens with one attached hydrogen (secondary N) is 2. The molecule has 1 aromatic heterocycles. The zero-order chi connectivity index (χ0) is 24.0. The number of alkyl halides is 3. The van der Waals surface area contributed by atoms with E-state index in [-0.39, 0.29) is 16.4 Å². The van der Waals surface area contributed by atoms with Gasteiger partial charge in [-0.1, -0.05) is 57.9 Å². The van der Waals surface area contributed by atoms with E-state index in [1.807, 2.05) is 0 Å². The minimum absolute atomic E-state index is 0.106. The van der Waals surface area contributed by atoms with Crippen LogP contribution in [0.1, 0.15) is 10.4 Å². The summed E-state index contributed by atoms with van der Waals surface area (Å²) >= 11 is 18.8. The number of nitro groups is 1. The van der Waals surface area contributed by atoms with Gasteiger partial charge in [-0.2, -0.15) is 0 Å². The van der Waals surface area contributed by atoms with E-state index < -0.39 is 27.3 Å². The van der Waals surface area contributed by atoms with Gasteiger partial charge >= 0.3 is 6.09 Å². The number of nitro benzene ring substituents is 1. The Labute approximate surface area is 209 Å². The van der Waals surface area contributed by atoms with Crippen molar-refractivity contribution >= 4 is 86.4 Å². The predicted octanol–water partition coefficient (Wildman–Crippen LogP) is 5.77. The fraction of sp³-hybridized carbons (Fsp3) is 0.111. The van der Waals surface area contributed by atoms with Crippen LogP contribution in [0.25, 0.3) is 0 Å². The molecule has 2 amide bonds. The number of halogens is 3. The van der Waals surface area contributed by atoms with Crippen LogP contribution in [-0.4, -0.2) is 37.5 Å². The molecule has 0 saturated heterocycles. The first-order valence-electron chi connectivity index (χ1n) is 8.75. The third kappa shape index (κ3) is 7.72. The molecule has 0 atom stereocenters. The van der Waals surface area contributed by atoms with Gasteiger partial charge < -0.3 is 4.74 Å². The van der Waals surface area contributed by atoms with Crippen molar-refractivity contribution in [2.75, 3.05) is 17.2 Å². The van der Waals surface area contributed by atoms with Crippen LogP contribution in [0.15, 0.2) is 57.8 Å². The minimum atomic E-state index is -1.72. The lowest BCUT2D eigenvalue weighted by Crippen LogP contribution is -2.21. The molecule has 2 N–H and O–H groups in total. The topological polar surface area (TPSA) is 136 Å². The van der Waals surface area contributed by atoms with Crippen LogP contribution in [0.5, 0.6) is 0 Å². The first kappa shape index (κ1) is 25.0. The van der Waals surface area contributed by atoms with Gasteiger partial charge in [0.25, 0.3) is 11.6 Å². The average molecular weight is 549 g/mol. The first-order valence-corrected chi connectivity index (χ1v) is 11.6. The van der Waals surface area contributed by atoms with Gasteiger partial charge in [0.05, 0.1) is 9.82 Å². The number of carbonyl (C=O) groups excluding carboxylic acids is 2. The van der Waals surface area contributed by atoms with Gasteiger partial charge in [-0.25, -0.2) is 4.79 Å². The van der Waals surface area contributed by atoms with E-state index in [9.17, 15) is 19.7 Å². The van der Waals surface area contributed by atoms with E-state index in [0.29, 0.717) is 15.5 Å². The molecule has 33 heavy (non-hydrogen) atoms. The zero-order valence-corrected chi connectivity index (χ0v) is 20.1. The summed E-state index contributed by atoms with van der Waals surface area (Å²) < 4.78 is 3.05. The van der Waals surface area contributed by atoms with Crippen molar-refractivity contribution in [3.05, 3.63) is 63.7 Å². The van der Waals surface area contributed by atoms with Gasteiger partial charge in [0.1, 0.15) is 12.1 Å².